The Bertz CT molecular complexity index is 1250. The van der Waals surface area contributed by atoms with Crippen LogP contribution in [-0.4, -0.2) is 53.8 Å². The van der Waals surface area contributed by atoms with Crippen LogP contribution in [-0.2, 0) is 10.9 Å². The molecule has 1 amide bonds. The lowest BCUT2D eigenvalue weighted by Crippen LogP contribution is -2.37. The van der Waals surface area contributed by atoms with Crippen molar-refractivity contribution in [1.82, 2.24) is 14.8 Å². The summed E-state index contributed by atoms with van der Waals surface area (Å²) in [6.45, 7) is 4.18. The van der Waals surface area contributed by atoms with E-state index in [2.05, 4.69) is 22.6 Å². The van der Waals surface area contributed by atoms with Crippen LogP contribution in [0.4, 0.5) is 18.9 Å². The van der Waals surface area contributed by atoms with E-state index in [0.29, 0.717) is 55.0 Å². The van der Waals surface area contributed by atoms with Crippen molar-refractivity contribution in [3.8, 4) is 0 Å². The number of carbonyl (C=O) groups is 1. The van der Waals surface area contributed by atoms with Crippen molar-refractivity contribution in [2.24, 2.45) is 0 Å². The number of pyridine rings is 1. The minimum atomic E-state index is -4.48. The fourth-order valence-electron chi connectivity index (χ4n) is 6.49. The van der Waals surface area contributed by atoms with Gasteiger partial charge in [0.1, 0.15) is 0 Å². The van der Waals surface area contributed by atoms with E-state index in [-0.39, 0.29) is 23.2 Å². The zero-order valence-corrected chi connectivity index (χ0v) is 22.0. The number of rotatable bonds is 6. The molecule has 0 unspecified atom stereocenters. The number of amides is 1. The summed E-state index contributed by atoms with van der Waals surface area (Å²) >= 11 is 0. The van der Waals surface area contributed by atoms with E-state index < -0.39 is 23.7 Å². The maximum absolute atomic E-state index is 13.7. The lowest BCUT2D eigenvalue weighted by Gasteiger charge is -2.28. The van der Waals surface area contributed by atoms with Crippen molar-refractivity contribution >= 4 is 11.6 Å². The number of nitrogens with zero attached hydrogens (tertiary/aromatic N) is 2. The van der Waals surface area contributed by atoms with E-state index in [1.165, 1.54) is 19.1 Å². The minimum absolute atomic E-state index is 0.0754. The molecule has 3 saturated heterocycles. The van der Waals surface area contributed by atoms with Gasteiger partial charge in [0.25, 0.3) is 11.5 Å². The molecule has 7 nitrogen and oxygen atoms in total. The Morgan fingerprint density at radius 3 is 2.50 bits per heavy atom. The molecule has 0 saturated carbocycles. The molecule has 4 heterocycles. The average molecular weight is 533 g/mol. The molecule has 3 aliphatic heterocycles. The van der Waals surface area contributed by atoms with Gasteiger partial charge in [0.15, 0.2) is 0 Å². The van der Waals surface area contributed by atoms with Crippen LogP contribution in [0.1, 0.15) is 78.2 Å². The van der Waals surface area contributed by atoms with Gasteiger partial charge in [-0.15, -0.1) is 0 Å². The summed E-state index contributed by atoms with van der Waals surface area (Å²) in [5.74, 6) is -0.436. The smallest absolute Gasteiger partial charge is 0.381 e. The first-order valence-electron chi connectivity index (χ1n) is 13.3. The summed E-state index contributed by atoms with van der Waals surface area (Å²) in [6, 6.07) is 5.69. The van der Waals surface area contributed by atoms with E-state index in [1.54, 1.807) is 23.8 Å². The highest BCUT2D eigenvalue weighted by Crippen LogP contribution is 2.38. The molecule has 5 rings (SSSR count). The summed E-state index contributed by atoms with van der Waals surface area (Å²) in [5.41, 5.74) is 0.368. The maximum Gasteiger partial charge on any atom is 0.416 e. The Kier molecular flexibility index (Phi) is 7.30. The number of benzene rings is 1. The maximum atomic E-state index is 13.7. The number of aromatic nitrogens is 1. The number of ether oxygens (including phenoxy) is 1. The van der Waals surface area contributed by atoms with E-state index in [0.717, 1.165) is 25.3 Å². The number of carbonyl (C=O) groups excluding carboxylic acids is 1. The normalized spacial score (nSPS) is 24.9. The van der Waals surface area contributed by atoms with Gasteiger partial charge in [0.2, 0.25) is 0 Å². The highest BCUT2D eigenvalue weighted by atomic mass is 19.4. The van der Waals surface area contributed by atoms with Gasteiger partial charge < -0.3 is 19.9 Å². The third kappa shape index (κ3) is 5.08. The Morgan fingerprint density at radius 2 is 1.87 bits per heavy atom. The number of alkyl halides is 3. The molecular weight excluding hydrogens is 497 g/mol. The fraction of sp³-hybridized carbons (Fsp3) is 0.571. The molecule has 2 aromatic rings. The van der Waals surface area contributed by atoms with Crippen LogP contribution in [0.15, 0.2) is 35.3 Å². The number of hydrogen-bond acceptors (Lipinski definition) is 5. The van der Waals surface area contributed by atoms with Gasteiger partial charge >= 0.3 is 6.18 Å². The zero-order valence-electron chi connectivity index (χ0n) is 22.0. The summed E-state index contributed by atoms with van der Waals surface area (Å²) in [7, 11) is 2.11. The number of hydrogen-bond donors (Lipinski definition) is 2. The lowest BCUT2D eigenvalue weighted by atomic mass is 9.95. The first-order chi connectivity index (χ1) is 18.0. The number of likely N-dealkylation sites (N-methyl/N-ethyl adjacent to an activating group) is 1. The van der Waals surface area contributed by atoms with E-state index in [1.807, 2.05) is 0 Å². The topological polar surface area (TPSA) is 75.6 Å². The summed E-state index contributed by atoms with van der Waals surface area (Å²) in [6.07, 6.45) is 1.62. The molecule has 1 aromatic heterocycles. The van der Waals surface area contributed by atoms with Gasteiger partial charge in [-0.3, -0.25) is 14.5 Å². The monoisotopic (exact) mass is 532 g/mol. The summed E-state index contributed by atoms with van der Waals surface area (Å²) in [4.78, 5) is 29.2. The molecule has 38 heavy (non-hydrogen) atoms. The van der Waals surface area contributed by atoms with Crippen LogP contribution in [0, 0.1) is 6.92 Å². The fourth-order valence-corrected chi connectivity index (χ4v) is 6.49. The average Bonchev–Trinajstić information content (AvgIpc) is 3.37. The van der Waals surface area contributed by atoms with Gasteiger partial charge in [-0.2, -0.15) is 13.2 Å². The van der Waals surface area contributed by atoms with Crippen molar-refractivity contribution < 1.29 is 22.7 Å². The molecule has 0 spiro atoms. The number of halogens is 3. The molecule has 3 aliphatic rings. The van der Waals surface area contributed by atoms with Crippen molar-refractivity contribution in [2.75, 3.05) is 25.6 Å². The van der Waals surface area contributed by atoms with Gasteiger partial charge in [0, 0.05) is 49.6 Å². The summed E-state index contributed by atoms with van der Waals surface area (Å²) < 4.78 is 47.5. The van der Waals surface area contributed by atoms with E-state index in [9.17, 15) is 22.8 Å². The molecular formula is C28H35F3N4O3. The molecule has 10 heteroatoms. The molecule has 0 radical (unpaired) electrons. The molecule has 206 valence electrons. The Balaban J connectivity index is 1.45. The lowest BCUT2D eigenvalue weighted by molar-refractivity contribution is -0.138. The highest BCUT2D eigenvalue weighted by Gasteiger charge is 2.44. The molecule has 2 N–H and O–H groups in total. The number of nitrogens with one attached hydrogen (secondary N) is 2. The van der Waals surface area contributed by atoms with Gasteiger partial charge in [0.05, 0.1) is 22.9 Å². The minimum Gasteiger partial charge on any atom is -0.381 e. The highest BCUT2D eigenvalue weighted by molar-refractivity contribution is 5.99. The van der Waals surface area contributed by atoms with Crippen LogP contribution >= 0.6 is 0 Å². The predicted molar refractivity (Wildman–Crippen MR) is 138 cm³/mol. The molecule has 3 fully saturated rings. The Morgan fingerprint density at radius 1 is 1.13 bits per heavy atom. The van der Waals surface area contributed by atoms with Crippen LogP contribution in [0.5, 0.6) is 0 Å². The van der Waals surface area contributed by atoms with E-state index >= 15 is 0 Å². The first-order valence-corrected chi connectivity index (χ1v) is 13.3. The molecule has 1 aromatic carbocycles. The molecule has 0 aliphatic carbocycles. The van der Waals surface area contributed by atoms with Crippen molar-refractivity contribution in [2.45, 2.75) is 82.3 Å². The van der Waals surface area contributed by atoms with Crippen molar-refractivity contribution in [1.29, 1.82) is 0 Å². The number of anilines is 1. The quantitative estimate of drug-likeness (QED) is 0.566. The van der Waals surface area contributed by atoms with Crippen molar-refractivity contribution in [3.63, 3.8) is 0 Å². The van der Waals surface area contributed by atoms with Gasteiger partial charge in [-0.25, -0.2) is 0 Å². The SMILES string of the molecule is Cc1c([C@@H](C)NC(=O)c2cn(C3CCOCC3)c(=O)cc2N[C@@H]2C[C@@H]3CC[C@H]2N3C)cccc1C(F)(F)F. The Hall–Kier alpha value is -2.85. The van der Waals surface area contributed by atoms with Crippen LogP contribution in [0.25, 0.3) is 0 Å². The van der Waals surface area contributed by atoms with E-state index in [4.69, 9.17) is 4.74 Å². The predicted octanol–water partition coefficient (Wildman–Crippen LogP) is 4.67. The third-order valence-electron chi connectivity index (χ3n) is 8.63. The third-order valence-corrected chi connectivity index (χ3v) is 8.63. The second-order valence-electron chi connectivity index (χ2n) is 10.9. The Labute approximate surface area is 220 Å². The van der Waals surface area contributed by atoms with Crippen LogP contribution < -0.4 is 16.2 Å². The number of fused-ring (bicyclic) bond motifs is 2. The largest absolute Gasteiger partial charge is 0.416 e. The van der Waals surface area contributed by atoms with Crippen LogP contribution in [0.2, 0.25) is 0 Å². The standard InChI is InChI=1S/C28H35F3N4O3/c1-16-20(5-4-6-22(16)28(29,30)31)17(2)32-27(37)21-15-35(18-9-11-38-12-10-18)26(36)14-23(21)33-24-13-19-7-8-25(24)34(19)3/h4-6,14-15,17-19,24-25,33H,7-13H2,1-3H3,(H,32,37)/t17-,19+,24-,25-/m1/s1. The van der Waals surface area contributed by atoms with Gasteiger partial charge in [-0.1, -0.05) is 12.1 Å². The molecule has 4 atom stereocenters. The van der Waals surface area contributed by atoms with Gasteiger partial charge in [-0.05, 0) is 70.2 Å². The second kappa shape index (κ2) is 10.4. The first kappa shape index (κ1) is 26.7. The second-order valence-corrected chi connectivity index (χ2v) is 10.9. The summed E-state index contributed by atoms with van der Waals surface area (Å²) in [5, 5.41) is 6.38. The van der Waals surface area contributed by atoms with Crippen molar-refractivity contribution in [3.05, 3.63) is 63.1 Å². The van der Waals surface area contributed by atoms with Crippen LogP contribution in [0.3, 0.4) is 0 Å². The molecule has 2 bridgehead atoms. The zero-order chi connectivity index (χ0) is 27.2.